The van der Waals surface area contributed by atoms with Crippen molar-refractivity contribution >= 4 is 11.3 Å². The summed E-state index contributed by atoms with van der Waals surface area (Å²) >= 11 is 1.57. The van der Waals surface area contributed by atoms with Crippen LogP contribution in [0.1, 0.15) is 0 Å². The molecule has 0 bridgehead atoms. The number of para-hydroxylation sites is 1. The first-order valence-electron chi connectivity index (χ1n) is 6.37. The van der Waals surface area contributed by atoms with Gasteiger partial charge in [0.2, 0.25) is 0 Å². The van der Waals surface area contributed by atoms with Crippen LogP contribution < -0.4 is 0 Å². The molecule has 0 atom stereocenters. The zero-order chi connectivity index (χ0) is 14.1. The molecule has 0 spiro atoms. The van der Waals surface area contributed by atoms with Gasteiger partial charge in [0, 0.05) is 5.69 Å². The highest BCUT2D eigenvalue weighted by molar-refractivity contribution is 7.13. The first kappa shape index (κ1) is 12.0. The molecule has 0 aliphatic rings. The fourth-order valence-electron chi connectivity index (χ4n) is 2.07. The van der Waals surface area contributed by atoms with Gasteiger partial charge in [-0.3, -0.25) is 4.57 Å². The number of rotatable bonds is 3. The molecule has 102 valence electrons. The summed E-state index contributed by atoms with van der Waals surface area (Å²) < 4.78 is 7.68. The van der Waals surface area contributed by atoms with Crippen LogP contribution in [-0.2, 0) is 0 Å². The van der Waals surface area contributed by atoms with Crippen LogP contribution in [0, 0.1) is 0 Å². The van der Waals surface area contributed by atoms with E-state index in [9.17, 15) is 0 Å². The van der Waals surface area contributed by atoms with E-state index in [4.69, 9.17) is 4.42 Å². The van der Waals surface area contributed by atoms with Crippen molar-refractivity contribution in [2.45, 2.75) is 0 Å². The Morgan fingerprint density at radius 3 is 2.62 bits per heavy atom. The van der Waals surface area contributed by atoms with Gasteiger partial charge in [-0.1, -0.05) is 24.3 Å². The van der Waals surface area contributed by atoms with Crippen molar-refractivity contribution in [3.63, 3.8) is 0 Å². The van der Waals surface area contributed by atoms with Crippen molar-refractivity contribution in [3.05, 3.63) is 60.4 Å². The highest BCUT2D eigenvalue weighted by Crippen LogP contribution is 2.27. The summed E-state index contributed by atoms with van der Waals surface area (Å²) in [5.41, 5.74) is 1.78. The Bertz CT molecular complexity index is 849. The first-order valence-corrected chi connectivity index (χ1v) is 7.25. The van der Waals surface area contributed by atoms with Crippen LogP contribution >= 0.6 is 11.3 Å². The third kappa shape index (κ3) is 2.15. The molecule has 0 N–H and O–H groups in total. The van der Waals surface area contributed by atoms with Gasteiger partial charge >= 0.3 is 0 Å². The molecule has 0 radical (unpaired) electrons. The predicted molar refractivity (Wildman–Crippen MR) is 80.2 cm³/mol. The smallest absolute Gasteiger partial charge is 0.266 e. The van der Waals surface area contributed by atoms with E-state index in [2.05, 4.69) is 15.2 Å². The molecule has 0 aliphatic carbocycles. The predicted octanol–water partition coefficient (Wildman–Crippen LogP) is 3.65. The van der Waals surface area contributed by atoms with Crippen LogP contribution in [0.3, 0.4) is 0 Å². The molecule has 6 heteroatoms. The van der Waals surface area contributed by atoms with Gasteiger partial charge in [-0.25, -0.2) is 4.98 Å². The molecule has 3 aromatic heterocycles. The maximum absolute atomic E-state index is 5.76. The van der Waals surface area contributed by atoms with Gasteiger partial charge < -0.3 is 4.42 Å². The molecule has 4 aromatic rings. The molecule has 5 nitrogen and oxygen atoms in total. The number of nitrogens with zero attached hydrogens (tertiary/aromatic N) is 4. The Morgan fingerprint density at radius 2 is 1.81 bits per heavy atom. The molecule has 0 fully saturated rings. The Kier molecular flexibility index (Phi) is 2.86. The topological polar surface area (TPSA) is 56.7 Å². The molecule has 3 heterocycles. The van der Waals surface area contributed by atoms with E-state index in [0.29, 0.717) is 11.8 Å². The van der Waals surface area contributed by atoms with Gasteiger partial charge in [0.25, 0.3) is 11.8 Å². The average molecular weight is 294 g/mol. The zero-order valence-electron chi connectivity index (χ0n) is 10.9. The van der Waals surface area contributed by atoms with Crippen molar-refractivity contribution < 1.29 is 4.42 Å². The third-order valence-corrected chi connectivity index (χ3v) is 3.91. The second-order valence-electron chi connectivity index (χ2n) is 4.37. The van der Waals surface area contributed by atoms with E-state index in [1.54, 1.807) is 23.9 Å². The summed E-state index contributed by atoms with van der Waals surface area (Å²) in [4.78, 5) is 5.14. The van der Waals surface area contributed by atoms with Gasteiger partial charge in [0.05, 0.1) is 17.4 Å². The lowest BCUT2D eigenvalue weighted by molar-refractivity contribution is 0.582. The summed E-state index contributed by atoms with van der Waals surface area (Å²) in [5.74, 6) is 0.987. The molecular formula is C15H10N4OS. The maximum atomic E-state index is 5.76. The Balaban J connectivity index is 1.77. The van der Waals surface area contributed by atoms with Gasteiger partial charge in [-0.2, -0.15) is 0 Å². The van der Waals surface area contributed by atoms with Crippen LogP contribution in [-0.4, -0.2) is 19.7 Å². The minimum Gasteiger partial charge on any atom is -0.414 e. The van der Waals surface area contributed by atoms with Gasteiger partial charge in [0.1, 0.15) is 5.69 Å². The molecule has 0 saturated heterocycles. The van der Waals surface area contributed by atoms with Crippen LogP contribution in [0.4, 0.5) is 0 Å². The van der Waals surface area contributed by atoms with E-state index in [1.807, 2.05) is 52.4 Å². The van der Waals surface area contributed by atoms with Crippen LogP contribution in [0.2, 0.25) is 0 Å². The Morgan fingerprint density at radius 1 is 0.952 bits per heavy atom. The summed E-state index contributed by atoms with van der Waals surface area (Å²) in [5, 5.41) is 10.2. The molecule has 0 saturated carbocycles. The van der Waals surface area contributed by atoms with E-state index in [-0.39, 0.29) is 0 Å². The van der Waals surface area contributed by atoms with E-state index in [1.165, 1.54) is 0 Å². The number of hydrogen-bond donors (Lipinski definition) is 0. The molecule has 0 unspecified atom stereocenters. The van der Waals surface area contributed by atoms with E-state index < -0.39 is 0 Å². The number of imidazole rings is 1. The normalized spacial score (nSPS) is 10.9. The van der Waals surface area contributed by atoms with Crippen molar-refractivity contribution in [2.75, 3.05) is 0 Å². The Labute approximate surface area is 124 Å². The zero-order valence-corrected chi connectivity index (χ0v) is 11.7. The number of hydrogen-bond acceptors (Lipinski definition) is 5. The fourth-order valence-corrected chi connectivity index (χ4v) is 2.72. The molecule has 21 heavy (non-hydrogen) atoms. The molecule has 4 rings (SSSR count). The van der Waals surface area contributed by atoms with Gasteiger partial charge in [-0.15, -0.1) is 21.5 Å². The molecule has 1 aromatic carbocycles. The Hall–Kier alpha value is -2.73. The third-order valence-electron chi connectivity index (χ3n) is 3.05. The minimum atomic E-state index is 0.458. The summed E-state index contributed by atoms with van der Waals surface area (Å²) in [6, 6.07) is 13.8. The van der Waals surface area contributed by atoms with Crippen molar-refractivity contribution in [1.82, 2.24) is 19.7 Å². The standard InChI is InChI=1S/C15H10N4OS/c1-2-5-11(6-3-1)19-10-16-9-12(19)14-17-18-15(20-14)13-7-4-8-21-13/h1-10H. The monoisotopic (exact) mass is 294 g/mol. The highest BCUT2D eigenvalue weighted by Gasteiger charge is 2.15. The maximum Gasteiger partial charge on any atom is 0.266 e. The first-order chi connectivity index (χ1) is 10.4. The lowest BCUT2D eigenvalue weighted by Crippen LogP contribution is -1.94. The van der Waals surface area contributed by atoms with E-state index >= 15 is 0 Å². The SMILES string of the molecule is c1ccc(-n2cncc2-c2nnc(-c3cccs3)o2)cc1. The highest BCUT2D eigenvalue weighted by atomic mass is 32.1. The number of benzene rings is 1. The number of aromatic nitrogens is 4. The second-order valence-corrected chi connectivity index (χ2v) is 5.32. The lowest BCUT2D eigenvalue weighted by Gasteiger charge is -2.04. The minimum absolute atomic E-state index is 0.458. The molecule has 0 amide bonds. The van der Waals surface area contributed by atoms with Crippen LogP contribution in [0.5, 0.6) is 0 Å². The van der Waals surface area contributed by atoms with Crippen LogP contribution in [0.15, 0.2) is 64.8 Å². The van der Waals surface area contributed by atoms with Crippen LogP contribution in [0.25, 0.3) is 28.0 Å². The molecule has 0 aliphatic heterocycles. The fraction of sp³-hybridized carbons (Fsp3) is 0. The van der Waals surface area contributed by atoms with Crippen molar-refractivity contribution in [2.24, 2.45) is 0 Å². The van der Waals surface area contributed by atoms with Crippen molar-refractivity contribution in [1.29, 1.82) is 0 Å². The summed E-state index contributed by atoms with van der Waals surface area (Å²) in [6.07, 6.45) is 3.46. The van der Waals surface area contributed by atoms with Crippen molar-refractivity contribution in [3.8, 4) is 28.0 Å². The largest absolute Gasteiger partial charge is 0.414 e. The summed E-state index contributed by atoms with van der Waals surface area (Å²) in [6.45, 7) is 0. The number of thiophene rings is 1. The average Bonchev–Trinajstić information content (AvgIpc) is 3.27. The quantitative estimate of drug-likeness (QED) is 0.578. The molecular weight excluding hydrogens is 284 g/mol. The second kappa shape index (κ2) is 4.99. The van der Waals surface area contributed by atoms with Gasteiger partial charge in [-0.05, 0) is 23.6 Å². The van der Waals surface area contributed by atoms with E-state index in [0.717, 1.165) is 16.3 Å². The lowest BCUT2D eigenvalue weighted by atomic mass is 10.3. The van der Waals surface area contributed by atoms with Gasteiger partial charge in [0.15, 0.2) is 0 Å². The summed E-state index contributed by atoms with van der Waals surface area (Å²) in [7, 11) is 0.